The maximum absolute atomic E-state index is 12.6. The molecule has 1 aliphatic heterocycles. The number of nitrogens with one attached hydrogen (secondary N) is 1. The molecular weight excluding hydrogens is 374 g/mol. The molecule has 1 atom stereocenters. The van der Waals surface area contributed by atoms with Gasteiger partial charge in [0.25, 0.3) is 0 Å². The zero-order valence-electron chi connectivity index (χ0n) is 17.8. The number of likely N-dealkylation sites (tertiary alicyclic amines) is 1. The first-order valence-electron chi connectivity index (χ1n) is 9.87. The van der Waals surface area contributed by atoms with E-state index in [1.54, 1.807) is 24.3 Å². The largest absolute Gasteiger partial charge is 0.469 e. The Bertz CT molecular complexity index is 751. The smallest absolute Gasteiger partial charge is 0.328 e. The minimum atomic E-state index is -0.749. The quantitative estimate of drug-likeness (QED) is 0.410. The summed E-state index contributed by atoms with van der Waals surface area (Å²) >= 11 is 0. The highest BCUT2D eigenvalue weighted by molar-refractivity contribution is 6.03. The van der Waals surface area contributed by atoms with Gasteiger partial charge in [0, 0.05) is 0 Å². The number of esters is 1. The third-order valence-corrected chi connectivity index (χ3v) is 5.03. The van der Waals surface area contributed by atoms with Crippen LogP contribution in [0.1, 0.15) is 53.0 Å². The van der Waals surface area contributed by atoms with Gasteiger partial charge in [-0.05, 0) is 51.3 Å². The van der Waals surface area contributed by atoms with Gasteiger partial charge in [-0.3, -0.25) is 9.59 Å². The molecule has 0 aliphatic carbocycles. The maximum Gasteiger partial charge on any atom is 0.328 e. The van der Waals surface area contributed by atoms with Crippen LogP contribution in [0.25, 0.3) is 0 Å². The number of ether oxygens (including phenoxy) is 2. The van der Waals surface area contributed by atoms with Crippen molar-refractivity contribution in [2.24, 2.45) is 11.1 Å². The number of hydrogen-bond donors (Lipinski definition) is 2. The van der Waals surface area contributed by atoms with Crippen LogP contribution in [-0.4, -0.2) is 41.3 Å². The highest BCUT2D eigenvalue weighted by atomic mass is 16.6. The number of carbonyl (C=O) groups excluding carboxylic acids is 3. The molecular formula is C21H31N3O5. The molecule has 0 bridgehead atoms. The van der Waals surface area contributed by atoms with Crippen molar-refractivity contribution in [1.82, 2.24) is 10.2 Å². The van der Waals surface area contributed by atoms with Crippen LogP contribution >= 0.6 is 0 Å². The maximum atomic E-state index is 12.6. The van der Waals surface area contributed by atoms with E-state index in [9.17, 15) is 14.4 Å². The summed E-state index contributed by atoms with van der Waals surface area (Å²) in [5.74, 6) is -0.0661. The molecule has 160 valence electrons. The van der Waals surface area contributed by atoms with Crippen LogP contribution in [0.15, 0.2) is 24.3 Å². The van der Waals surface area contributed by atoms with Gasteiger partial charge < -0.3 is 20.5 Å². The Morgan fingerprint density at radius 2 is 1.76 bits per heavy atom. The molecule has 1 aliphatic rings. The zero-order valence-corrected chi connectivity index (χ0v) is 17.8. The third kappa shape index (κ3) is 4.87. The number of hydrogen-bond acceptors (Lipinski definition) is 6. The number of carbonyl (C=O) groups is 3. The van der Waals surface area contributed by atoms with E-state index in [0.717, 1.165) is 10.5 Å². The summed E-state index contributed by atoms with van der Waals surface area (Å²) in [6.07, 6.45) is 0.540. The molecule has 3 amide bonds. The lowest BCUT2D eigenvalue weighted by atomic mass is 9.72. The van der Waals surface area contributed by atoms with Crippen molar-refractivity contribution in [1.29, 1.82) is 0 Å². The van der Waals surface area contributed by atoms with Crippen molar-refractivity contribution in [3.8, 4) is 5.75 Å². The van der Waals surface area contributed by atoms with E-state index in [0.29, 0.717) is 18.6 Å². The second-order valence-electron chi connectivity index (χ2n) is 8.10. The van der Waals surface area contributed by atoms with Gasteiger partial charge in [-0.1, -0.05) is 26.0 Å². The Kier molecular flexibility index (Phi) is 6.89. The molecule has 1 saturated heterocycles. The Labute approximate surface area is 171 Å². The summed E-state index contributed by atoms with van der Waals surface area (Å²) < 4.78 is 11.4. The Balaban J connectivity index is 2.12. The third-order valence-electron chi connectivity index (χ3n) is 5.03. The van der Waals surface area contributed by atoms with Crippen molar-refractivity contribution >= 4 is 17.9 Å². The lowest BCUT2D eigenvalue weighted by Gasteiger charge is -2.53. The number of urea groups is 1. The molecule has 1 unspecified atom stereocenters. The average Bonchev–Trinajstić information content (AvgIpc) is 2.63. The van der Waals surface area contributed by atoms with Crippen LogP contribution in [-0.2, 0) is 20.7 Å². The summed E-state index contributed by atoms with van der Waals surface area (Å²) in [6.45, 7) is 9.20. The minimum Gasteiger partial charge on any atom is -0.469 e. The van der Waals surface area contributed by atoms with E-state index in [4.69, 9.17) is 15.2 Å². The van der Waals surface area contributed by atoms with Crippen LogP contribution < -0.4 is 15.8 Å². The molecule has 29 heavy (non-hydrogen) atoms. The van der Waals surface area contributed by atoms with E-state index >= 15 is 0 Å². The Morgan fingerprint density at radius 1 is 1.17 bits per heavy atom. The molecule has 8 nitrogen and oxygen atoms in total. The number of amides is 3. The standard InChI is InChI=1S/C21H31N3O5/c1-6-21(7-2)17(26)24(19(27)23-13-22)18(21)28-15-10-8-14(9-11-15)12-16(25)29-20(3,4)5/h8-11,18H,6-7,12-13,22H2,1-5H3,(H,23,27). The average molecular weight is 405 g/mol. The van der Waals surface area contributed by atoms with Crippen molar-refractivity contribution in [3.05, 3.63) is 29.8 Å². The van der Waals surface area contributed by atoms with Gasteiger partial charge >= 0.3 is 12.0 Å². The SMILES string of the molecule is CCC1(CC)C(=O)N(C(=O)NCN)C1Oc1ccc(CC(=O)OC(C)(C)C)cc1. The number of nitrogens with zero attached hydrogens (tertiary/aromatic N) is 1. The molecule has 3 N–H and O–H groups in total. The number of rotatable bonds is 7. The number of benzene rings is 1. The molecule has 1 heterocycles. The van der Waals surface area contributed by atoms with Gasteiger partial charge in [-0.15, -0.1) is 0 Å². The first kappa shape index (κ1) is 22.7. The number of nitrogens with two attached hydrogens (primary N) is 1. The van der Waals surface area contributed by atoms with Gasteiger partial charge in [0.2, 0.25) is 5.91 Å². The summed E-state index contributed by atoms with van der Waals surface area (Å²) in [6, 6.07) is 6.41. The molecule has 1 aromatic rings. The second-order valence-corrected chi connectivity index (χ2v) is 8.10. The van der Waals surface area contributed by atoms with Gasteiger partial charge in [-0.25, -0.2) is 9.69 Å². The molecule has 8 heteroatoms. The fourth-order valence-corrected chi connectivity index (χ4v) is 3.43. The minimum absolute atomic E-state index is 0.0695. The molecule has 0 aromatic heterocycles. The van der Waals surface area contributed by atoms with Gasteiger partial charge in [-0.2, -0.15) is 0 Å². The van der Waals surface area contributed by atoms with Crippen molar-refractivity contribution in [3.63, 3.8) is 0 Å². The first-order valence-corrected chi connectivity index (χ1v) is 9.87. The Morgan fingerprint density at radius 3 is 2.24 bits per heavy atom. The number of β-lactam (4-membered cyclic amide) rings is 1. The van der Waals surface area contributed by atoms with Crippen LogP contribution in [0, 0.1) is 5.41 Å². The van der Waals surface area contributed by atoms with Gasteiger partial charge in [0.15, 0.2) is 6.23 Å². The predicted octanol–water partition coefficient (Wildman–Crippen LogP) is 2.55. The van der Waals surface area contributed by atoms with Crippen molar-refractivity contribution in [2.75, 3.05) is 6.67 Å². The van der Waals surface area contributed by atoms with Crippen LogP contribution in [0.4, 0.5) is 4.79 Å². The van der Waals surface area contributed by atoms with E-state index < -0.39 is 23.3 Å². The summed E-state index contributed by atoms with van der Waals surface area (Å²) in [5, 5.41) is 2.44. The van der Waals surface area contributed by atoms with Crippen molar-refractivity contribution < 1.29 is 23.9 Å². The van der Waals surface area contributed by atoms with Gasteiger partial charge in [0.1, 0.15) is 16.8 Å². The molecule has 2 rings (SSSR count). The highest BCUT2D eigenvalue weighted by Gasteiger charge is 2.62. The number of imide groups is 1. The lowest BCUT2D eigenvalue weighted by Crippen LogP contribution is -2.73. The topological polar surface area (TPSA) is 111 Å². The lowest BCUT2D eigenvalue weighted by molar-refractivity contribution is -0.190. The van der Waals surface area contributed by atoms with Crippen LogP contribution in [0.2, 0.25) is 0 Å². The van der Waals surface area contributed by atoms with Crippen LogP contribution in [0.3, 0.4) is 0 Å². The van der Waals surface area contributed by atoms with Crippen molar-refractivity contribution in [2.45, 2.75) is 65.7 Å². The molecule has 0 radical (unpaired) electrons. The fourth-order valence-electron chi connectivity index (χ4n) is 3.43. The Hall–Kier alpha value is -2.61. The van der Waals surface area contributed by atoms with E-state index in [-0.39, 0.29) is 25.0 Å². The summed E-state index contributed by atoms with van der Waals surface area (Å²) in [7, 11) is 0. The normalized spacial score (nSPS) is 18.1. The van der Waals surface area contributed by atoms with E-state index in [1.165, 1.54) is 0 Å². The molecule has 0 saturated carbocycles. The summed E-state index contributed by atoms with van der Waals surface area (Å²) in [5.41, 5.74) is 4.87. The molecule has 0 spiro atoms. The first-order chi connectivity index (χ1) is 13.6. The molecule has 1 aromatic carbocycles. The molecule has 1 fully saturated rings. The van der Waals surface area contributed by atoms with E-state index in [1.807, 2.05) is 34.6 Å². The van der Waals surface area contributed by atoms with E-state index in [2.05, 4.69) is 5.32 Å². The van der Waals surface area contributed by atoms with Gasteiger partial charge in [0.05, 0.1) is 13.1 Å². The monoisotopic (exact) mass is 405 g/mol. The van der Waals surface area contributed by atoms with Crippen LogP contribution in [0.5, 0.6) is 5.75 Å². The highest BCUT2D eigenvalue weighted by Crippen LogP contribution is 2.45. The zero-order chi connectivity index (χ0) is 21.8. The summed E-state index contributed by atoms with van der Waals surface area (Å²) in [4.78, 5) is 37.9. The fraction of sp³-hybridized carbons (Fsp3) is 0.571. The predicted molar refractivity (Wildman–Crippen MR) is 108 cm³/mol. The second kappa shape index (κ2) is 8.82.